The third kappa shape index (κ3) is 5.53. The highest BCUT2D eigenvalue weighted by atomic mass is 32.2. The van der Waals surface area contributed by atoms with E-state index in [-0.39, 0.29) is 28.3 Å². The summed E-state index contributed by atoms with van der Waals surface area (Å²) < 4.78 is 36.1. The average Bonchev–Trinajstić information content (AvgIpc) is 2.92. The maximum absolute atomic E-state index is 12.2. The maximum atomic E-state index is 12.2. The zero-order chi connectivity index (χ0) is 19.3. The van der Waals surface area contributed by atoms with Crippen molar-refractivity contribution in [3.8, 4) is 0 Å². The van der Waals surface area contributed by atoms with E-state index in [1.807, 2.05) is 0 Å². The lowest BCUT2D eigenvalue weighted by molar-refractivity contribution is -0.147. The van der Waals surface area contributed by atoms with Gasteiger partial charge in [0.1, 0.15) is 17.1 Å². The van der Waals surface area contributed by atoms with Crippen LogP contribution in [-0.4, -0.2) is 44.6 Å². The fourth-order valence-corrected chi connectivity index (χ4v) is 4.25. The summed E-state index contributed by atoms with van der Waals surface area (Å²) in [6.45, 7) is 4.12. The van der Waals surface area contributed by atoms with E-state index in [1.54, 1.807) is 0 Å². The minimum atomic E-state index is -3.95. The predicted molar refractivity (Wildman–Crippen MR) is 91.7 cm³/mol. The van der Waals surface area contributed by atoms with Crippen molar-refractivity contribution in [2.75, 3.05) is 13.2 Å². The second kappa shape index (κ2) is 8.63. The molecule has 0 unspecified atom stereocenters. The van der Waals surface area contributed by atoms with Crippen molar-refractivity contribution in [1.82, 2.24) is 15.2 Å². The molecule has 9 nitrogen and oxygen atoms in total. The standard InChI is InChI=1S/C16H25N3O6S/c1-10-4-6-13(7-5-10)18-14(20)9-24-15(21)8-17-26(22,23)16-11(2)19-25-12(16)3/h10,13,17H,4-9H2,1-3H3,(H,18,20). The summed E-state index contributed by atoms with van der Waals surface area (Å²) in [5.41, 5.74) is 0.199. The molecule has 1 fully saturated rings. The van der Waals surface area contributed by atoms with Gasteiger partial charge in [0.15, 0.2) is 12.4 Å². The predicted octanol–water partition coefficient (Wildman–Crippen LogP) is 0.808. The SMILES string of the molecule is Cc1noc(C)c1S(=O)(=O)NCC(=O)OCC(=O)NC1CCC(C)CC1. The Hall–Kier alpha value is -1.94. The lowest BCUT2D eigenvalue weighted by Crippen LogP contribution is -2.40. The number of aromatic nitrogens is 1. The Bertz CT molecular complexity index is 731. The number of ether oxygens (including phenoxy) is 1. The van der Waals surface area contributed by atoms with Gasteiger partial charge in [-0.3, -0.25) is 9.59 Å². The topological polar surface area (TPSA) is 128 Å². The third-order valence-electron chi connectivity index (χ3n) is 4.39. The molecule has 1 aromatic rings. The molecule has 1 aliphatic carbocycles. The largest absolute Gasteiger partial charge is 0.455 e. The first-order valence-electron chi connectivity index (χ1n) is 8.56. The molecule has 0 saturated heterocycles. The molecule has 0 aromatic carbocycles. The number of nitrogens with zero attached hydrogens (tertiary/aromatic N) is 1. The first-order chi connectivity index (χ1) is 12.2. The molecule has 1 aliphatic rings. The van der Waals surface area contributed by atoms with Gasteiger partial charge in [0, 0.05) is 6.04 Å². The van der Waals surface area contributed by atoms with Crippen LogP contribution in [0.5, 0.6) is 0 Å². The molecule has 1 amide bonds. The van der Waals surface area contributed by atoms with Gasteiger partial charge >= 0.3 is 5.97 Å². The Morgan fingerprint density at radius 2 is 1.88 bits per heavy atom. The Morgan fingerprint density at radius 3 is 2.46 bits per heavy atom. The summed E-state index contributed by atoms with van der Waals surface area (Å²) in [5.74, 6) is -0.421. The summed E-state index contributed by atoms with van der Waals surface area (Å²) in [6.07, 6.45) is 3.96. The van der Waals surface area contributed by atoms with Crippen LogP contribution in [-0.2, 0) is 24.3 Å². The van der Waals surface area contributed by atoms with Crippen LogP contribution in [0.1, 0.15) is 44.1 Å². The van der Waals surface area contributed by atoms with Crippen molar-refractivity contribution in [1.29, 1.82) is 0 Å². The molecular weight excluding hydrogens is 362 g/mol. The monoisotopic (exact) mass is 387 g/mol. The number of sulfonamides is 1. The molecular formula is C16H25N3O6S. The van der Waals surface area contributed by atoms with E-state index >= 15 is 0 Å². The highest BCUT2D eigenvalue weighted by molar-refractivity contribution is 7.89. The van der Waals surface area contributed by atoms with Gasteiger partial charge in [0.05, 0.1) is 0 Å². The Morgan fingerprint density at radius 1 is 1.23 bits per heavy atom. The van der Waals surface area contributed by atoms with Crippen LogP contribution in [0.2, 0.25) is 0 Å². The molecule has 10 heteroatoms. The molecule has 2 N–H and O–H groups in total. The second-order valence-electron chi connectivity index (χ2n) is 6.66. The molecule has 2 rings (SSSR count). The molecule has 1 saturated carbocycles. The van der Waals surface area contributed by atoms with Crippen molar-refractivity contribution in [3.05, 3.63) is 11.5 Å². The number of nitrogens with one attached hydrogen (secondary N) is 2. The van der Waals surface area contributed by atoms with E-state index in [2.05, 4.69) is 22.1 Å². The van der Waals surface area contributed by atoms with Gasteiger partial charge in [0.25, 0.3) is 5.91 Å². The molecule has 146 valence electrons. The first-order valence-corrected chi connectivity index (χ1v) is 10.0. The number of hydrogen-bond acceptors (Lipinski definition) is 7. The van der Waals surface area contributed by atoms with Crippen molar-refractivity contribution in [2.24, 2.45) is 5.92 Å². The Labute approximate surface area is 152 Å². The van der Waals surface area contributed by atoms with E-state index in [0.717, 1.165) is 25.7 Å². The van der Waals surface area contributed by atoms with E-state index in [1.165, 1.54) is 13.8 Å². The van der Waals surface area contributed by atoms with Crippen molar-refractivity contribution >= 4 is 21.9 Å². The maximum Gasteiger partial charge on any atom is 0.321 e. The fraction of sp³-hybridized carbons (Fsp3) is 0.688. The summed E-state index contributed by atoms with van der Waals surface area (Å²) in [6, 6.07) is 0.107. The first kappa shape index (κ1) is 20.4. The second-order valence-corrected chi connectivity index (χ2v) is 8.37. The van der Waals surface area contributed by atoms with Crippen LogP contribution in [0, 0.1) is 19.8 Å². The lowest BCUT2D eigenvalue weighted by Gasteiger charge is -2.26. The lowest BCUT2D eigenvalue weighted by atomic mass is 9.87. The Kier molecular flexibility index (Phi) is 6.76. The smallest absolute Gasteiger partial charge is 0.321 e. The number of amides is 1. The number of carbonyl (C=O) groups is 2. The number of aryl methyl sites for hydroxylation is 2. The van der Waals surface area contributed by atoms with Crippen LogP contribution in [0.4, 0.5) is 0 Å². The van der Waals surface area contributed by atoms with E-state index in [0.29, 0.717) is 5.92 Å². The van der Waals surface area contributed by atoms with Gasteiger partial charge < -0.3 is 14.6 Å². The zero-order valence-electron chi connectivity index (χ0n) is 15.2. The zero-order valence-corrected chi connectivity index (χ0v) is 16.0. The summed E-state index contributed by atoms with van der Waals surface area (Å²) in [7, 11) is -3.95. The minimum Gasteiger partial charge on any atom is -0.455 e. The number of hydrogen-bond donors (Lipinski definition) is 2. The summed E-state index contributed by atoms with van der Waals surface area (Å²) in [5, 5.41) is 6.39. The van der Waals surface area contributed by atoms with Gasteiger partial charge in [-0.25, -0.2) is 8.42 Å². The van der Waals surface area contributed by atoms with Gasteiger partial charge in [-0.05, 0) is 45.4 Å². The summed E-state index contributed by atoms with van der Waals surface area (Å²) in [4.78, 5) is 23.4. The van der Waals surface area contributed by atoms with Crippen LogP contribution >= 0.6 is 0 Å². The van der Waals surface area contributed by atoms with E-state index in [4.69, 9.17) is 9.26 Å². The Balaban J connectivity index is 1.74. The number of rotatable bonds is 7. The highest BCUT2D eigenvalue weighted by Gasteiger charge is 2.25. The van der Waals surface area contributed by atoms with Gasteiger partial charge in [-0.1, -0.05) is 12.1 Å². The van der Waals surface area contributed by atoms with Crippen LogP contribution in [0.3, 0.4) is 0 Å². The van der Waals surface area contributed by atoms with Crippen LogP contribution in [0.25, 0.3) is 0 Å². The van der Waals surface area contributed by atoms with Crippen molar-refractivity contribution in [3.63, 3.8) is 0 Å². The molecule has 0 aliphatic heterocycles. The molecule has 26 heavy (non-hydrogen) atoms. The van der Waals surface area contributed by atoms with E-state index in [9.17, 15) is 18.0 Å². The number of esters is 1. The van der Waals surface area contributed by atoms with Gasteiger partial charge in [-0.2, -0.15) is 4.72 Å². The molecule has 0 atom stereocenters. The van der Waals surface area contributed by atoms with Crippen molar-refractivity contribution < 1.29 is 27.3 Å². The molecule has 0 radical (unpaired) electrons. The minimum absolute atomic E-state index is 0.102. The average molecular weight is 387 g/mol. The van der Waals surface area contributed by atoms with Gasteiger partial charge in [-0.15, -0.1) is 0 Å². The normalized spacial score (nSPS) is 20.6. The highest BCUT2D eigenvalue weighted by Crippen LogP contribution is 2.23. The number of carbonyl (C=O) groups excluding carboxylic acids is 2. The van der Waals surface area contributed by atoms with Gasteiger partial charge in [0.2, 0.25) is 10.0 Å². The molecule has 0 spiro atoms. The quantitative estimate of drug-likeness (QED) is 0.663. The fourth-order valence-electron chi connectivity index (χ4n) is 2.96. The molecule has 1 aromatic heterocycles. The molecule has 0 bridgehead atoms. The van der Waals surface area contributed by atoms with Crippen LogP contribution in [0.15, 0.2) is 9.42 Å². The molecule has 1 heterocycles. The van der Waals surface area contributed by atoms with Crippen LogP contribution < -0.4 is 10.0 Å². The van der Waals surface area contributed by atoms with Crippen molar-refractivity contribution in [2.45, 2.75) is 57.4 Å². The van der Waals surface area contributed by atoms with E-state index < -0.39 is 29.1 Å². The summed E-state index contributed by atoms with van der Waals surface area (Å²) >= 11 is 0. The third-order valence-corrected chi connectivity index (χ3v) is 6.03.